The maximum atomic E-state index is 9.01. The standard InChI is InChI=1S/C11H17NO4/c1-10(2)13-6-8(15-10)9-7(5-12)14-11(3,4)16-9/h7-9H,6H2,1-4H3/t7-,8-,9+/m0/s1. The van der Waals surface area contributed by atoms with Gasteiger partial charge in [-0.15, -0.1) is 0 Å². The maximum absolute atomic E-state index is 9.01. The molecule has 5 nitrogen and oxygen atoms in total. The molecule has 0 N–H and O–H groups in total. The average molecular weight is 227 g/mol. The zero-order valence-corrected chi connectivity index (χ0v) is 10.0. The third-order valence-corrected chi connectivity index (χ3v) is 2.65. The van der Waals surface area contributed by atoms with E-state index in [4.69, 9.17) is 24.2 Å². The lowest BCUT2D eigenvalue weighted by Gasteiger charge is -2.22. The molecule has 0 spiro atoms. The van der Waals surface area contributed by atoms with Crippen molar-refractivity contribution < 1.29 is 18.9 Å². The van der Waals surface area contributed by atoms with E-state index < -0.39 is 17.7 Å². The second kappa shape index (κ2) is 3.67. The van der Waals surface area contributed by atoms with E-state index >= 15 is 0 Å². The van der Waals surface area contributed by atoms with Crippen molar-refractivity contribution in [2.75, 3.05) is 6.61 Å². The maximum Gasteiger partial charge on any atom is 0.176 e. The predicted octanol–water partition coefficient (Wildman–Crippen LogP) is 1.18. The van der Waals surface area contributed by atoms with Crippen LogP contribution in [-0.4, -0.2) is 36.5 Å². The Bertz CT molecular complexity index is 320. The van der Waals surface area contributed by atoms with E-state index in [-0.39, 0.29) is 12.2 Å². The lowest BCUT2D eigenvalue weighted by atomic mass is 10.1. The topological polar surface area (TPSA) is 60.7 Å². The Balaban J connectivity index is 2.08. The Hall–Kier alpha value is -0.670. The normalized spacial score (nSPS) is 40.8. The molecule has 0 saturated carbocycles. The van der Waals surface area contributed by atoms with Gasteiger partial charge in [0.1, 0.15) is 12.2 Å². The average Bonchev–Trinajstić information content (AvgIpc) is 2.65. The molecule has 0 aromatic heterocycles. The van der Waals surface area contributed by atoms with Gasteiger partial charge in [-0.25, -0.2) is 0 Å². The molecule has 3 atom stereocenters. The second-order valence-corrected chi connectivity index (χ2v) is 5.02. The fourth-order valence-corrected chi connectivity index (χ4v) is 2.04. The Morgan fingerprint density at radius 1 is 1.06 bits per heavy atom. The van der Waals surface area contributed by atoms with Crippen molar-refractivity contribution in [2.45, 2.75) is 57.6 Å². The Morgan fingerprint density at radius 3 is 2.25 bits per heavy atom. The molecule has 0 aromatic rings. The van der Waals surface area contributed by atoms with Gasteiger partial charge in [0.15, 0.2) is 17.7 Å². The molecular formula is C11H17NO4. The highest BCUT2D eigenvalue weighted by molar-refractivity contribution is 5.01. The van der Waals surface area contributed by atoms with Gasteiger partial charge in [0.05, 0.1) is 12.7 Å². The number of nitrogens with zero attached hydrogens (tertiary/aromatic N) is 1. The van der Waals surface area contributed by atoms with Crippen LogP contribution in [0.15, 0.2) is 0 Å². The van der Waals surface area contributed by atoms with Crippen LogP contribution in [-0.2, 0) is 18.9 Å². The fourth-order valence-electron chi connectivity index (χ4n) is 2.04. The van der Waals surface area contributed by atoms with Gasteiger partial charge in [0.2, 0.25) is 0 Å². The van der Waals surface area contributed by atoms with Gasteiger partial charge in [-0.3, -0.25) is 0 Å². The van der Waals surface area contributed by atoms with E-state index in [1.807, 2.05) is 13.8 Å². The highest BCUT2D eigenvalue weighted by Crippen LogP contribution is 2.35. The Kier molecular flexibility index (Phi) is 2.71. The molecule has 2 aliphatic heterocycles. The second-order valence-electron chi connectivity index (χ2n) is 5.02. The summed E-state index contributed by atoms with van der Waals surface area (Å²) < 4.78 is 22.3. The van der Waals surface area contributed by atoms with Crippen LogP contribution in [0.2, 0.25) is 0 Å². The van der Waals surface area contributed by atoms with Crippen LogP contribution in [0.25, 0.3) is 0 Å². The fraction of sp³-hybridized carbons (Fsp3) is 0.909. The van der Waals surface area contributed by atoms with Crippen molar-refractivity contribution in [3.63, 3.8) is 0 Å². The molecule has 2 fully saturated rings. The zero-order chi connectivity index (χ0) is 12.0. The highest BCUT2D eigenvalue weighted by atomic mass is 16.8. The number of nitriles is 1. The molecule has 2 aliphatic rings. The zero-order valence-electron chi connectivity index (χ0n) is 10.0. The Morgan fingerprint density at radius 2 is 1.75 bits per heavy atom. The lowest BCUT2D eigenvalue weighted by molar-refractivity contribution is -0.174. The van der Waals surface area contributed by atoms with Crippen molar-refractivity contribution in [3.8, 4) is 6.07 Å². The molecular weight excluding hydrogens is 210 g/mol. The predicted molar refractivity (Wildman–Crippen MR) is 54.3 cm³/mol. The number of rotatable bonds is 1. The molecule has 5 heteroatoms. The molecule has 2 saturated heterocycles. The van der Waals surface area contributed by atoms with Crippen LogP contribution in [0.1, 0.15) is 27.7 Å². The summed E-state index contributed by atoms with van der Waals surface area (Å²) >= 11 is 0. The third kappa shape index (κ3) is 2.20. The molecule has 0 amide bonds. The minimum absolute atomic E-state index is 0.249. The smallest absolute Gasteiger partial charge is 0.176 e. The molecule has 2 rings (SSSR count). The first-order valence-electron chi connectivity index (χ1n) is 5.40. The van der Waals surface area contributed by atoms with Crippen molar-refractivity contribution in [1.82, 2.24) is 0 Å². The van der Waals surface area contributed by atoms with E-state index in [9.17, 15) is 0 Å². The van der Waals surface area contributed by atoms with Gasteiger partial charge >= 0.3 is 0 Å². The van der Waals surface area contributed by atoms with E-state index in [0.29, 0.717) is 6.61 Å². The molecule has 0 radical (unpaired) electrons. The summed E-state index contributed by atoms with van der Waals surface area (Å²) in [7, 11) is 0. The van der Waals surface area contributed by atoms with Crippen LogP contribution in [0.4, 0.5) is 0 Å². The first-order valence-corrected chi connectivity index (χ1v) is 5.40. The molecule has 0 aliphatic carbocycles. The van der Waals surface area contributed by atoms with E-state index in [1.165, 1.54) is 0 Å². The van der Waals surface area contributed by atoms with Gasteiger partial charge in [0, 0.05) is 0 Å². The molecule has 0 aromatic carbocycles. The van der Waals surface area contributed by atoms with E-state index in [1.54, 1.807) is 13.8 Å². The molecule has 16 heavy (non-hydrogen) atoms. The van der Waals surface area contributed by atoms with Gasteiger partial charge in [0.25, 0.3) is 0 Å². The Labute approximate surface area is 95.2 Å². The molecule has 0 bridgehead atoms. The van der Waals surface area contributed by atoms with Crippen LogP contribution < -0.4 is 0 Å². The first-order chi connectivity index (χ1) is 7.33. The van der Waals surface area contributed by atoms with Crippen molar-refractivity contribution in [3.05, 3.63) is 0 Å². The van der Waals surface area contributed by atoms with Gasteiger partial charge in [-0.2, -0.15) is 5.26 Å². The molecule has 0 unspecified atom stereocenters. The summed E-state index contributed by atoms with van der Waals surface area (Å²) in [5.74, 6) is -1.35. The van der Waals surface area contributed by atoms with Crippen LogP contribution >= 0.6 is 0 Å². The summed E-state index contributed by atoms with van der Waals surface area (Å²) in [6.07, 6.45) is -1.24. The summed E-state index contributed by atoms with van der Waals surface area (Å²) in [6.45, 7) is 7.69. The summed E-state index contributed by atoms with van der Waals surface area (Å²) in [4.78, 5) is 0. The monoisotopic (exact) mass is 227 g/mol. The molecule has 90 valence electrons. The van der Waals surface area contributed by atoms with Crippen LogP contribution in [0.5, 0.6) is 0 Å². The van der Waals surface area contributed by atoms with Crippen LogP contribution in [0, 0.1) is 11.3 Å². The lowest BCUT2D eigenvalue weighted by Crippen LogP contribution is -2.37. The summed E-state index contributed by atoms with van der Waals surface area (Å²) in [5.41, 5.74) is 0. The molecule has 2 heterocycles. The largest absolute Gasteiger partial charge is 0.348 e. The van der Waals surface area contributed by atoms with Gasteiger partial charge < -0.3 is 18.9 Å². The number of hydrogen-bond donors (Lipinski definition) is 0. The third-order valence-electron chi connectivity index (χ3n) is 2.65. The van der Waals surface area contributed by atoms with E-state index in [0.717, 1.165) is 0 Å². The summed E-state index contributed by atoms with van der Waals surface area (Å²) in [6, 6.07) is 2.09. The van der Waals surface area contributed by atoms with Crippen molar-refractivity contribution in [2.24, 2.45) is 0 Å². The highest BCUT2D eigenvalue weighted by Gasteiger charge is 2.49. The SMILES string of the molecule is CC1(C)O[C@@H]([C@@H]2COC(C)(C)O2)[C@H](C#N)O1. The number of ether oxygens (including phenoxy) is 4. The first kappa shape index (κ1) is 11.8. The number of hydrogen-bond acceptors (Lipinski definition) is 5. The van der Waals surface area contributed by atoms with Crippen molar-refractivity contribution in [1.29, 1.82) is 5.26 Å². The minimum Gasteiger partial charge on any atom is -0.348 e. The quantitative estimate of drug-likeness (QED) is 0.673. The van der Waals surface area contributed by atoms with Crippen LogP contribution in [0.3, 0.4) is 0 Å². The summed E-state index contributed by atoms with van der Waals surface area (Å²) in [5, 5.41) is 9.01. The van der Waals surface area contributed by atoms with E-state index in [2.05, 4.69) is 6.07 Å². The van der Waals surface area contributed by atoms with Crippen molar-refractivity contribution >= 4 is 0 Å². The van der Waals surface area contributed by atoms with Gasteiger partial charge in [-0.1, -0.05) is 0 Å². The van der Waals surface area contributed by atoms with Gasteiger partial charge in [-0.05, 0) is 27.7 Å². The minimum atomic E-state index is -0.735.